The zero-order valence-electron chi connectivity index (χ0n) is 13.7. The highest BCUT2D eigenvalue weighted by atomic mass is 15.2. The van der Waals surface area contributed by atoms with E-state index < -0.39 is 0 Å². The highest BCUT2D eigenvalue weighted by molar-refractivity contribution is 5.00. The summed E-state index contributed by atoms with van der Waals surface area (Å²) in [5.41, 5.74) is 0.330. The molecule has 0 heterocycles. The summed E-state index contributed by atoms with van der Waals surface area (Å²) in [7, 11) is 6.69. The number of nitrogens with zero attached hydrogens (tertiary/aromatic N) is 1. The van der Waals surface area contributed by atoms with Gasteiger partial charge in [-0.3, -0.25) is 0 Å². The first kappa shape index (κ1) is 15.3. The Hall–Kier alpha value is -0.0800. The predicted octanol–water partition coefficient (Wildman–Crippen LogP) is 3.52. The third-order valence-electron chi connectivity index (χ3n) is 6.54. The van der Waals surface area contributed by atoms with Crippen LogP contribution in [0.4, 0.5) is 0 Å². The molecule has 0 aliphatic heterocycles. The van der Waals surface area contributed by atoms with E-state index in [2.05, 4.69) is 45.2 Å². The van der Waals surface area contributed by atoms with Gasteiger partial charge in [-0.25, -0.2) is 0 Å². The average Bonchev–Trinajstić information content (AvgIpc) is 3.01. The highest BCUT2D eigenvalue weighted by Gasteiger charge is 2.44. The van der Waals surface area contributed by atoms with Gasteiger partial charge < -0.3 is 10.2 Å². The standard InChI is InChI=1S/C17H34N2/c1-6-17(7-2,19(4)5)16(18-3)12-15-11-13-8-9-14(15)10-13/h13-16,18H,6-12H2,1-5H3. The van der Waals surface area contributed by atoms with Crippen molar-refractivity contribution in [1.82, 2.24) is 10.2 Å². The van der Waals surface area contributed by atoms with E-state index in [4.69, 9.17) is 0 Å². The molecule has 2 rings (SSSR count). The lowest BCUT2D eigenvalue weighted by Crippen LogP contribution is -2.58. The summed E-state index contributed by atoms with van der Waals surface area (Å²) in [6.07, 6.45) is 9.95. The van der Waals surface area contributed by atoms with Crippen LogP contribution in [-0.4, -0.2) is 37.6 Å². The van der Waals surface area contributed by atoms with Crippen molar-refractivity contribution in [2.45, 2.75) is 70.4 Å². The molecule has 2 nitrogen and oxygen atoms in total. The molecule has 1 N–H and O–H groups in total. The van der Waals surface area contributed by atoms with Crippen LogP contribution < -0.4 is 5.32 Å². The van der Waals surface area contributed by atoms with Crippen molar-refractivity contribution in [2.75, 3.05) is 21.1 Å². The lowest BCUT2D eigenvalue weighted by molar-refractivity contribution is 0.0735. The molecule has 0 aromatic rings. The van der Waals surface area contributed by atoms with Crippen molar-refractivity contribution in [3.05, 3.63) is 0 Å². The molecule has 0 amide bonds. The number of rotatable bonds is 7. The fourth-order valence-electron chi connectivity index (χ4n) is 5.26. The molecule has 2 saturated carbocycles. The number of hydrogen-bond acceptors (Lipinski definition) is 2. The zero-order chi connectivity index (χ0) is 14.0. The van der Waals surface area contributed by atoms with Gasteiger partial charge in [0.25, 0.3) is 0 Å². The quantitative estimate of drug-likeness (QED) is 0.758. The van der Waals surface area contributed by atoms with Gasteiger partial charge >= 0.3 is 0 Å². The van der Waals surface area contributed by atoms with Gasteiger partial charge in [0.15, 0.2) is 0 Å². The van der Waals surface area contributed by atoms with Crippen molar-refractivity contribution in [1.29, 1.82) is 0 Å². The average molecular weight is 266 g/mol. The van der Waals surface area contributed by atoms with Crippen molar-refractivity contribution in [3.63, 3.8) is 0 Å². The molecular formula is C17H34N2. The van der Waals surface area contributed by atoms with Crippen molar-refractivity contribution < 1.29 is 0 Å². The van der Waals surface area contributed by atoms with E-state index in [1.54, 1.807) is 0 Å². The van der Waals surface area contributed by atoms with Crippen LogP contribution in [0, 0.1) is 17.8 Å². The molecule has 2 fully saturated rings. The minimum absolute atomic E-state index is 0.330. The van der Waals surface area contributed by atoms with Crippen LogP contribution in [0.3, 0.4) is 0 Å². The van der Waals surface area contributed by atoms with E-state index in [9.17, 15) is 0 Å². The van der Waals surface area contributed by atoms with Crippen molar-refractivity contribution in [2.24, 2.45) is 17.8 Å². The van der Waals surface area contributed by atoms with Crippen LogP contribution >= 0.6 is 0 Å². The summed E-state index contributed by atoms with van der Waals surface area (Å²) >= 11 is 0. The van der Waals surface area contributed by atoms with Gasteiger partial charge in [0.2, 0.25) is 0 Å². The van der Waals surface area contributed by atoms with Crippen LogP contribution in [0.2, 0.25) is 0 Å². The smallest absolute Gasteiger partial charge is 0.0351 e. The maximum absolute atomic E-state index is 3.67. The van der Waals surface area contributed by atoms with Crippen LogP contribution in [-0.2, 0) is 0 Å². The number of likely N-dealkylation sites (N-methyl/N-ethyl adjacent to an activating group) is 2. The summed E-state index contributed by atoms with van der Waals surface area (Å²) in [5.74, 6) is 3.12. The summed E-state index contributed by atoms with van der Waals surface area (Å²) in [4.78, 5) is 2.47. The number of hydrogen-bond donors (Lipinski definition) is 1. The molecule has 4 unspecified atom stereocenters. The Labute approximate surface area is 120 Å². The number of nitrogens with one attached hydrogen (secondary N) is 1. The van der Waals surface area contributed by atoms with Crippen LogP contribution in [0.25, 0.3) is 0 Å². The molecule has 2 aliphatic carbocycles. The topological polar surface area (TPSA) is 15.3 Å². The molecule has 0 radical (unpaired) electrons. The first-order chi connectivity index (χ1) is 9.07. The van der Waals surface area contributed by atoms with E-state index >= 15 is 0 Å². The Morgan fingerprint density at radius 1 is 1.16 bits per heavy atom. The second-order valence-corrected chi connectivity index (χ2v) is 7.22. The molecule has 2 heteroatoms. The van der Waals surface area contributed by atoms with Crippen molar-refractivity contribution >= 4 is 0 Å². The van der Waals surface area contributed by atoms with Crippen LogP contribution in [0.15, 0.2) is 0 Å². The third-order valence-corrected chi connectivity index (χ3v) is 6.54. The maximum atomic E-state index is 3.67. The molecule has 2 aliphatic rings. The number of fused-ring (bicyclic) bond motifs is 2. The Morgan fingerprint density at radius 2 is 1.84 bits per heavy atom. The Morgan fingerprint density at radius 3 is 2.21 bits per heavy atom. The van der Waals surface area contributed by atoms with Crippen molar-refractivity contribution in [3.8, 4) is 0 Å². The molecule has 0 aromatic heterocycles. The largest absolute Gasteiger partial charge is 0.315 e. The fraction of sp³-hybridized carbons (Fsp3) is 1.00. The fourth-order valence-corrected chi connectivity index (χ4v) is 5.26. The van der Waals surface area contributed by atoms with Gasteiger partial charge in [0.1, 0.15) is 0 Å². The summed E-state index contributed by atoms with van der Waals surface area (Å²) in [6, 6.07) is 0.641. The summed E-state index contributed by atoms with van der Waals surface area (Å²) < 4.78 is 0. The summed E-state index contributed by atoms with van der Waals surface area (Å²) in [5, 5.41) is 3.67. The molecule has 112 valence electrons. The van der Waals surface area contributed by atoms with Gasteiger partial charge in [-0.05, 0) is 77.4 Å². The Bertz CT molecular complexity index is 283. The first-order valence-electron chi connectivity index (χ1n) is 8.42. The molecule has 19 heavy (non-hydrogen) atoms. The normalized spacial score (nSPS) is 32.2. The second-order valence-electron chi connectivity index (χ2n) is 7.22. The minimum Gasteiger partial charge on any atom is -0.315 e. The first-order valence-corrected chi connectivity index (χ1v) is 8.42. The van der Waals surface area contributed by atoms with Gasteiger partial charge in [-0.1, -0.05) is 20.3 Å². The predicted molar refractivity (Wildman–Crippen MR) is 83.4 cm³/mol. The molecule has 2 bridgehead atoms. The summed E-state index contributed by atoms with van der Waals surface area (Å²) in [6.45, 7) is 4.71. The van der Waals surface area contributed by atoms with E-state index in [-0.39, 0.29) is 0 Å². The monoisotopic (exact) mass is 266 g/mol. The van der Waals surface area contributed by atoms with E-state index in [0.717, 1.165) is 17.8 Å². The molecular weight excluding hydrogens is 232 g/mol. The lowest BCUT2D eigenvalue weighted by atomic mass is 9.75. The van der Waals surface area contributed by atoms with Gasteiger partial charge in [-0.2, -0.15) is 0 Å². The highest BCUT2D eigenvalue weighted by Crippen LogP contribution is 2.50. The van der Waals surface area contributed by atoms with E-state index in [1.165, 1.54) is 44.9 Å². The maximum Gasteiger partial charge on any atom is 0.0351 e. The zero-order valence-corrected chi connectivity index (χ0v) is 13.7. The second kappa shape index (κ2) is 6.13. The Balaban J connectivity index is 2.06. The van der Waals surface area contributed by atoms with E-state index in [0.29, 0.717) is 11.6 Å². The molecule has 4 atom stereocenters. The molecule has 0 saturated heterocycles. The third kappa shape index (κ3) is 2.71. The van der Waals surface area contributed by atoms with Gasteiger partial charge in [-0.15, -0.1) is 0 Å². The SMILES string of the molecule is CCC(CC)(C(CC1CC2CCC1C2)NC)N(C)C. The van der Waals surface area contributed by atoms with Crippen LogP contribution in [0.5, 0.6) is 0 Å². The van der Waals surface area contributed by atoms with Gasteiger partial charge in [0, 0.05) is 11.6 Å². The molecule has 0 spiro atoms. The van der Waals surface area contributed by atoms with Crippen LogP contribution in [0.1, 0.15) is 58.8 Å². The molecule has 0 aromatic carbocycles. The van der Waals surface area contributed by atoms with Gasteiger partial charge in [0.05, 0.1) is 0 Å². The Kier molecular flexibility index (Phi) is 4.94. The van der Waals surface area contributed by atoms with E-state index in [1.807, 2.05) is 0 Å². The lowest BCUT2D eigenvalue weighted by Gasteiger charge is -2.46. The minimum atomic E-state index is 0.330.